The van der Waals surface area contributed by atoms with E-state index in [1.807, 2.05) is 42.5 Å². The highest BCUT2D eigenvalue weighted by atomic mass is 35.5. The molecule has 0 aliphatic rings. The Labute approximate surface area is 129 Å². The van der Waals surface area contributed by atoms with E-state index < -0.39 is 0 Å². The van der Waals surface area contributed by atoms with Gasteiger partial charge in [-0.2, -0.15) is 0 Å². The quantitative estimate of drug-likeness (QED) is 0.862. The average Bonchev–Trinajstić information content (AvgIpc) is 2.47. The molecule has 0 radical (unpaired) electrons. The molecule has 0 heterocycles. The topological polar surface area (TPSA) is 50.4 Å². The maximum atomic E-state index is 11.8. The van der Waals surface area contributed by atoms with Crippen LogP contribution < -0.4 is 15.4 Å². The summed E-state index contributed by atoms with van der Waals surface area (Å²) < 4.78 is 5.11. The van der Waals surface area contributed by atoms with Crippen molar-refractivity contribution in [2.24, 2.45) is 0 Å². The molecule has 0 saturated heterocycles. The van der Waals surface area contributed by atoms with Gasteiger partial charge < -0.3 is 15.4 Å². The SMILES string of the molecule is COc1cccc(NC(=O)CNCc2cccc(Cl)c2)c1. The average molecular weight is 305 g/mol. The Bertz CT molecular complexity index is 617. The van der Waals surface area contributed by atoms with Crippen LogP contribution in [0.25, 0.3) is 0 Å². The molecule has 110 valence electrons. The van der Waals surface area contributed by atoms with E-state index >= 15 is 0 Å². The summed E-state index contributed by atoms with van der Waals surface area (Å²) in [5.74, 6) is 0.602. The first-order chi connectivity index (χ1) is 10.2. The summed E-state index contributed by atoms with van der Waals surface area (Å²) in [4.78, 5) is 11.8. The van der Waals surface area contributed by atoms with Crippen molar-refractivity contribution >= 4 is 23.2 Å². The predicted octanol–water partition coefficient (Wildman–Crippen LogP) is 3.08. The Morgan fingerprint density at radius 2 is 2.00 bits per heavy atom. The van der Waals surface area contributed by atoms with Crippen LogP contribution in [0.3, 0.4) is 0 Å². The number of ether oxygens (including phenoxy) is 1. The lowest BCUT2D eigenvalue weighted by Crippen LogP contribution is -2.27. The minimum Gasteiger partial charge on any atom is -0.497 e. The molecule has 0 bridgehead atoms. The predicted molar refractivity (Wildman–Crippen MR) is 84.8 cm³/mol. The van der Waals surface area contributed by atoms with Gasteiger partial charge in [0.2, 0.25) is 5.91 Å². The Hall–Kier alpha value is -2.04. The molecule has 0 saturated carbocycles. The first-order valence-corrected chi connectivity index (χ1v) is 6.94. The maximum Gasteiger partial charge on any atom is 0.238 e. The van der Waals surface area contributed by atoms with Crippen molar-refractivity contribution in [1.29, 1.82) is 0 Å². The molecule has 0 aliphatic heterocycles. The Kier molecular flexibility index (Phi) is 5.60. The highest BCUT2D eigenvalue weighted by Crippen LogP contribution is 2.16. The van der Waals surface area contributed by atoms with Crippen LogP contribution in [0.2, 0.25) is 5.02 Å². The normalized spacial score (nSPS) is 10.2. The lowest BCUT2D eigenvalue weighted by molar-refractivity contribution is -0.115. The van der Waals surface area contributed by atoms with Crippen LogP contribution >= 0.6 is 11.6 Å². The largest absolute Gasteiger partial charge is 0.497 e. The second-order valence-corrected chi connectivity index (χ2v) is 4.95. The van der Waals surface area contributed by atoms with Crippen LogP contribution in [0, 0.1) is 0 Å². The van der Waals surface area contributed by atoms with E-state index in [0.29, 0.717) is 23.0 Å². The van der Waals surface area contributed by atoms with E-state index in [4.69, 9.17) is 16.3 Å². The summed E-state index contributed by atoms with van der Waals surface area (Å²) in [5.41, 5.74) is 1.75. The summed E-state index contributed by atoms with van der Waals surface area (Å²) in [6.07, 6.45) is 0. The molecule has 2 N–H and O–H groups in total. The smallest absolute Gasteiger partial charge is 0.238 e. The first kappa shape index (κ1) is 15.4. The number of methoxy groups -OCH3 is 1. The second-order valence-electron chi connectivity index (χ2n) is 4.51. The minimum atomic E-state index is -0.106. The van der Waals surface area contributed by atoms with Crippen LogP contribution in [0.15, 0.2) is 48.5 Å². The summed E-state index contributed by atoms with van der Waals surface area (Å²) in [7, 11) is 1.59. The van der Waals surface area contributed by atoms with Gasteiger partial charge in [-0.3, -0.25) is 4.79 Å². The van der Waals surface area contributed by atoms with E-state index in [9.17, 15) is 4.79 Å². The van der Waals surface area contributed by atoms with Gasteiger partial charge in [0, 0.05) is 23.3 Å². The third kappa shape index (κ3) is 5.10. The molecule has 0 aromatic heterocycles. The van der Waals surface area contributed by atoms with Gasteiger partial charge in [-0.1, -0.05) is 29.8 Å². The molecule has 0 atom stereocenters. The van der Waals surface area contributed by atoms with E-state index in [0.717, 1.165) is 5.56 Å². The van der Waals surface area contributed by atoms with Gasteiger partial charge in [0.25, 0.3) is 0 Å². The Balaban J connectivity index is 1.79. The molecule has 2 aromatic carbocycles. The number of carbonyl (C=O) groups is 1. The monoisotopic (exact) mass is 304 g/mol. The third-order valence-electron chi connectivity index (χ3n) is 2.86. The summed E-state index contributed by atoms with van der Waals surface area (Å²) in [6.45, 7) is 0.815. The van der Waals surface area contributed by atoms with E-state index in [1.54, 1.807) is 13.2 Å². The lowest BCUT2D eigenvalue weighted by Gasteiger charge is -2.08. The molecule has 0 fully saturated rings. The molecule has 5 heteroatoms. The standard InChI is InChI=1S/C16H17ClN2O2/c1-21-15-7-3-6-14(9-15)19-16(20)11-18-10-12-4-2-5-13(17)8-12/h2-9,18H,10-11H2,1H3,(H,19,20). The van der Waals surface area contributed by atoms with Crippen LogP contribution in [0.5, 0.6) is 5.75 Å². The van der Waals surface area contributed by atoms with Crippen LogP contribution in [0.4, 0.5) is 5.69 Å². The van der Waals surface area contributed by atoms with Gasteiger partial charge in [-0.25, -0.2) is 0 Å². The van der Waals surface area contributed by atoms with Crippen LogP contribution in [0.1, 0.15) is 5.56 Å². The fourth-order valence-corrected chi connectivity index (χ4v) is 2.09. The van der Waals surface area contributed by atoms with Crippen molar-refractivity contribution in [3.8, 4) is 5.75 Å². The van der Waals surface area contributed by atoms with Crippen molar-refractivity contribution in [2.45, 2.75) is 6.54 Å². The number of hydrogen-bond donors (Lipinski definition) is 2. The molecule has 21 heavy (non-hydrogen) atoms. The molecular weight excluding hydrogens is 288 g/mol. The lowest BCUT2D eigenvalue weighted by atomic mass is 10.2. The molecular formula is C16H17ClN2O2. The minimum absolute atomic E-state index is 0.106. The summed E-state index contributed by atoms with van der Waals surface area (Å²) >= 11 is 5.90. The zero-order valence-electron chi connectivity index (χ0n) is 11.7. The van der Waals surface area contributed by atoms with E-state index in [2.05, 4.69) is 10.6 Å². The fraction of sp³-hybridized carbons (Fsp3) is 0.188. The van der Waals surface area contributed by atoms with Gasteiger partial charge >= 0.3 is 0 Å². The van der Waals surface area contributed by atoms with Crippen LogP contribution in [-0.4, -0.2) is 19.6 Å². The van der Waals surface area contributed by atoms with Crippen molar-refractivity contribution < 1.29 is 9.53 Å². The fourth-order valence-electron chi connectivity index (χ4n) is 1.87. The van der Waals surface area contributed by atoms with E-state index in [1.165, 1.54) is 0 Å². The molecule has 0 spiro atoms. The molecule has 0 aliphatic carbocycles. The second kappa shape index (κ2) is 7.67. The number of amides is 1. The van der Waals surface area contributed by atoms with Crippen LogP contribution in [-0.2, 0) is 11.3 Å². The van der Waals surface area contributed by atoms with Gasteiger partial charge in [-0.05, 0) is 29.8 Å². The highest BCUT2D eigenvalue weighted by Gasteiger charge is 2.03. The number of nitrogens with one attached hydrogen (secondary N) is 2. The summed E-state index contributed by atoms with van der Waals surface area (Å²) in [5, 5.41) is 6.57. The van der Waals surface area contributed by atoms with Crippen molar-refractivity contribution in [3.05, 3.63) is 59.1 Å². The van der Waals surface area contributed by atoms with Gasteiger partial charge in [0.15, 0.2) is 0 Å². The molecule has 2 rings (SSSR count). The summed E-state index contributed by atoms with van der Waals surface area (Å²) in [6, 6.07) is 14.8. The Morgan fingerprint density at radius 3 is 2.76 bits per heavy atom. The van der Waals surface area contributed by atoms with Gasteiger partial charge in [0.1, 0.15) is 5.75 Å². The number of carbonyl (C=O) groups excluding carboxylic acids is 1. The highest BCUT2D eigenvalue weighted by molar-refractivity contribution is 6.30. The number of anilines is 1. The number of rotatable bonds is 6. The zero-order valence-corrected chi connectivity index (χ0v) is 12.5. The first-order valence-electron chi connectivity index (χ1n) is 6.56. The van der Waals surface area contributed by atoms with Crippen molar-refractivity contribution in [2.75, 3.05) is 19.0 Å². The molecule has 2 aromatic rings. The van der Waals surface area contributed by atoms with Gasteiger partial charge in [0.05, 0.1) is 13.7 Å². The molecule has 4 nitrogen and oxygen atoms in total. The third-order valence-corrected chi connectivity index (χ3v) is 3.09. The maximum absolute atomic E-state index is 11.8. The van der Waals surface area contributed by atoms with Crippen molar-refractivity contribution in [1.82, 2.24) is 5.32 Å². The number of halogens is 1. The van der Waals surface area contributed by atoms with Crippen molar-refractivity contribution in [3.63, 3.8) is 0 Å². The number of benzene rings is 2. The van der Waals surface area contributed by atoms with Gasteiger partial charge in [-0.15, -0.1) is 0 Å². The molecule has 1 amide bonds. The number of hydrogen-bond acceptors (Lipinski definition) is 3. The molecule has 0 unspecified atom stereocenters. The Morgan fingerprint density at radius 1 is 1.19 bits per heavy atom. The van der Waals surface area contributed by atoms with E-state index in [-0.39, 0.29) is 12.5 Å². The zero-order chi connectivity index (χ0) is 15.1.